The summed E-state index contributed by atoms with van der Waals surface area (Å²) in [4.78, 5) is 0. The van der Waals surface area contributed by atoms with Gasteiger partial charge in [0, 0.05) is 6.04 Å². The molecule has 1 unspecified atom stereocenters. The van der Waals surface area contributed by atoms with Crippen LogP contribution in [0.3, 0.4) is 0 Å². The van der Waals surface area contributed by atoms with Crippen molar-refractivity contribution in [3.8, 4) is 5.75 Å². The lowest BCUT2D eigenvalue weighted by Crippen LogP contribution is -2.37. The van der Waals surface area contributed by atoms with Crippen molar-refractivity contribution in [1.82, 2.24) is 4.72 Å². The first-order valence-corrected chi connectivity index (χ1v) is 9.12. The molecular formula is C15H24N2O3S. The third-order valence-corrected chi connectivity index (χ3v) is 5.08. The maximum Gasteiger partial charge on any atom is 0.215 e. The van der Waals surface area contributed by atoms with Crippen LogP contribution in [0.1, 0.15) is 32.6 Å². The molecule has 0 bridgehead atoms. The van der Waals surface area contributed by atoms with E-state index in [1.165, 1.54) is 12.8 Å². The van der Waals surface area contributed by atoms with Gasteiger partial charge in [0.2, 0.25) is 10.0 Å². The van der Waals surface area contributed by atoms with Gasteiger partial charge in [-0.15, -0.1) is 0 Å². The molecule has 2 rings (SSSR count). The van der Waals surface area contributed by atoms with Crippen LogP contribution < -0.4 is 15.2 Å². The Hall–Kier alpha value is -1.27. The Morgan fingerprint density at radius 1 is 1.38 bits per heavy atom. The van der Waals surface area contributed by atoms with Crippen LogP contribution >= 0.6 is 0 Å². The van der Waals surface area contributed by atoms with Gasteiger partial charge in [0.05, 0.1) is 11.4 Å². The first kappa shape index (κ1) is 16.1. The summed E-state index contributed by atoms with van der Waals surface area (Å²) in [6, 6.07) is 7.12. The van der Waals surface area contributed by atoms with Gasteiger partial charge < -0.3 is 10.5 Å². The average Bonchev–Trinajstić information content (AvgIpc) is 3.24. The van der Waals surface area contributed by atoms with Gasteiger partial charge >= 0.3 is 0 Å². The minimum absolute atomic E-state index is 0.0456. The lowest BCUT2D eigenvalue weighted by molar-refractivity contribution is 0.341. The molecule has 3 N–H and O–H groups in total. The quantitative estimate of drug-likeness (QED) is 0.685. The molecule has 0 amide bonds. The van der Waals surface area contributed by atoms with Gasteiger partial charge in [0.25, 0.3) is 0 Å². The molecule has 0 heterocycles. The summed E-state index contributed by atoms with van der Waals surface area (Å²) in [5, 5.41) is 0. The van der Waals surface area contributed by atoms with E-state index >= 15 is 0 Å². The second-order valence-electron chi connectivity index (χ2n) is 5.61. The molecule has 0 spiro atoms. The second kappa shape index (κ2) is 7.13. The number of anilines is 1. The summed E-state index contributed by atoms with van der Waals surface area (Å²) >= 11 is 0. The highest BCUT2D eigenvalue weighted by atomic mass is 32.2. The predicted octanol–water partition coefficient (Wildman–Crippen LogP) is 2.15. The van der Waals surface area contributed by atoms with Crippen molar-refractivity contribution in [1.29, 1.82) is 0 Å². The fourth-order valence-electron chi connectivity index (χ4n) is 2.24. The van der Waals surface area contributed by atoms with E-state index in [9.17, 15) is 8.42 Å². The number of ether oxygens (including phenoxy) is 1. The number of rotatable bonds is 9. The molecule has 21 heavy (non-hydrogen) atoms. The van der Waals surface area contributed by atoms with Crippen LogP contribution in [0.4, 0.5) is 5.69 Å². The lowest BCUT2D eigenvalue weighted by atomic mass is 10.1. The van der Waals surface area contributed by atoms with Gasteiger partial charge in [-0.25, -0.2) is 13.1 Å². The molecule has 1 atom stereocenters. The van der Waals surface area contributed by atoms with Gasteiger partial charge in [-0.05, 0) is 30.9 Å². The summed E-state index contributed by atoms with van der Waals surface area (Å²) in [5.41, 5.74) is 6.26. The summed E-state index contributed by atoms with van der Waals surface area (Å²) in [7, 11) is -3.31. The van der Waals surface area contributed by atoms with Crippen molar-refractivity contribution in [2.45, 2.75) is 38.6 Å². The first-order chi connectivity index (χ1) is 10.00. The molecule has 1 fully saturated rings. The average molecular weight is 312 g/mol. The normalized spacial score (nSPS) is 16.6. The van der Waals surface area contributed by atoms with Crippen LogP contribution in [-0.2, 0) is 10.0 Å². The SMILES string of the molecule is CCC(CC1CC1)NS(=O)(=O)CCOc1ccccc1N. The van der Waals surface area contributed by atoms with E-state index in [1.54, 1.807) is 18.2 Å². The van der Waals surface area contributed by atoms with Gasteiger partial charge in [0.15, 0.2) is 0 Å². The highest BCUT2D eigenvalue weighted by molar-refractivity contribution is 7.89. The fraction of sp³-hybridized carbons (Fsp3) is 0.600. The molecule has 0 aliphatic heterocycles. The number of hydrogen-bond donors (Lipinski definition) is 2. The summed E-state index contributed by atoms with van der Waals surface area (Å²) < 4.78 is 32.3. The maximum atomic E-state index is 12.1. The standard InChI is InChI=1S/C15H24N2O3S/c1-2-13(11-12-7-8-12)17-21(18,19)10-9-20-15-6-4-3-5-14(15)16/h3-6,12-13,17H,2,7-11,16H2,1H3. The highest BCUT2D eigenvalue weighted by Gasteiger charge is 2.26. The third kappa shape index (κ3) is 5.55. The minimum Gasteiger partial charge on any atom is -0.490 e. The van der Waals surface area contributed by atoms with Crippen molar-refractivity contribution in [3.05, 3.63) is 24.3 Å². The van der Waals surface area contributed by atoms with Crippen LogP contribution in [-0.4, -0.2) is 26.8 Å². The highest BCUT2D eigenvalue weighted by Crippen LogP contribution is 2.34. The number of hydrogen-bond acceptors (Lipinski definition) is 4. The molecule has 1 aromatic rings. The monoisotopic (exact) mass is 312 g/mol. The Morgan fingerprint density at radius 2 is 2.10 bits per heavy atom. The van der Waals surface area contributed by atoms with E-state index in [0.29, 0.717) is 17.4 Å². The Kier molecular flexibility index (Phi) is 5.47. The lowest BCUT2D eigenvalue weighted by Gasteiger charge is -2.17. The van der Waals surface area contributed by atoms with Crippen molar-refractivity contribution in [3.63, 3.8) is 0 Å². The molecular weight excluding hydrogens is 288 g/mol. The van der Waals surface area contributed by atoms with Gasteiger partial charge in [0.1, 0.15) is 12.4 Å². The van der Waals surface area contributed by atoms with Crippen LogP contribution in [0.5, 0.6) is 5.75 Å². The van der Waals surface area contributed by atoms with Gasteiger partial charge in [-0.2, -0.15) is 0 Å². The zero-order chi connectivity index (χ0) is 15.3. The minimum atomic E-state index is -3.31. The molecule has 0 saturated heterocycles. The van der Waals surface area contributed by atoms with Crippen LogP contribution in [0.25, 0.3) is 0 Å². The molecule has 1 aliphatic rings. The van der Waals surface area contributed by atoms with E-state index in [-0.39, 0.29) is 18.4 Å². The Labute approximate surface area is 126 Å². The van der Waals surface area contributed by atoms with Crippen molar-refractivity contribution in [2.75, 3.05) is 18.1 Å². The number of nitrogens with two attached hydrogens (primary N) is 1. The predicted molar refractivity (Wildman–Crippen MR) is 84.7 cm³/mol. The summed E-state index contributed by atoms with van der Waals surface area (Å²) in [6.45, 7) is 2.11. The Balaban J connectivity index is 1.79. The number of sulfonamides is 1. The first-order valence-electron chi connectivity index (χ1n) is 7.47. The molecule has 0 aromatic heterocycles. The Morgan fingerprint density at radius 3 is 2.71 bits per heavy atom. The van der Waals surface area contributed by atoms with Crippen LogP contribution in [0.15, 0.2) is 24.3 Å². The zero-order valence-electron chi connectivity index (χ0n) is 12.4. The van der Waals surface area contributed by atoms with Crippen molar-refractivity contribution < 1.29 is 13.2 Å². The van der Waals surface area contributed by atoms with Crippen molar-refractivity contribution in [2.24, 2.45) is 5.92 Å². The number of benzene rings is 1. The molecule has 5 nitrogen and oxygen atoms in total. The smallest absolute Gasteiger partial charge is 0.215 e. The topological polar surface area (TPSA) is 81.4 Å². The fourth-order valence-corrected chi connectivity index (χ4v) is 3.43. The number of nitrogen functional groups attached to an aromatic ring is 1. The summed E-state index contributed by atoms with van der Waals surface area (Å²) in [6.07, 6.45) is 4.23. The Bertz CT molecular complexity index is 556. The van der Waals surface area contributed by atoms with E-state index in [2.05, 4.69) is 4.72 Å². The number of para-hydroxylation sites is 2. The molecule has 6 heteroatoms. The van der Waals surface area contributed by atoms with E-state index in [1.807, 2.05) is 13.0 Å². The molecule has 1 saturated carbocycles. The van der Waals surface area contributed by atoms with Crippen molar-refractivity contribution >= 4 is 15.7 Å². The van der Waals surface area contributed by atoms with E-state index in [4.69, 9.17) is 10.5 Å². The van der Waals surface area contributed by atoms with Crippen LogP contribution in [0.2, 0.25) is 0 Å². The largest absolute Gasteiger partial charge is 0.490 e. The molecule has 1 aromatic carbocycles. The second-order valence-corrected chi connectivity index (χ2v) is 7.48. The van der Waals surface area contributed by atoms with Gasteiger partial charge in [-0.3, -0.25) is 0 Å². The number of nitrogens with one attached hydrogen (secondary N) is 1. The zero-order valence-corrected chi connectivity index (χ0v) is 13.2. The van der Waals surface area contributed by atoms with E-state index in [0.717, 1.165) is 12.8 Å². The third-order valence-electron chi connectivity index (χ3n) is 3.68. The van der Waals surface area contributed by atoms with E-state index < -0.39 is 10.0 Å². The maximum absolute atomic E-state index is 12.1. The molecule has 118 valence electrons. The summed E-state index contributed by atoms with van der Waals surface area (Å²) in [5.74, 6) is 1.18. The van der Waals surface area contributed by atoms with Gasteiger partial charge in [-0.1, -0.05) is 31.9 Å². The molecule has 0 radical (unpaired) electrons. The van der Waals surface area contributed by atoms with Crippen LogP contribution in [0, 0.1) is 5.92 Å². The molecule has 1 aliphatic carbocycles.